The fourth-order valence-electron chi connectivity index (χ4n) is 3.43. The van der Waals surface area contributed by atoms with Gasteiger partial charge in [0.1, 0.15) is 5.75 Å². The van der Waals surface area contributed by atoms with E-state index in [1.165, 1.54) is 11.3 Å². The topological polar surface area (TPSA) is 80.3 Å². The van der Waals surface area contributed by atoms with Gasteiger partial charge in [-0.2, -0.15) is 0 Å². The van der Waals surface area contributed by atoms with E-state index >= 15 is 0 Å². The summed E-state index contributed by atoms with van der Waals surface area (Å²) in [5, 5.41) is 6.84. The first-order chi connectivity index (χ1) is 14.5. The molecule has 3 aromatic rings. The number of benzene rings is 2. The molecule has 0 saturated carbocycles. The third-order valence-electron chi connectivity index (χ3n) is 4.94. The molecule has 1 aliphatic rings. The number of aromatic nitrogens is 1. The molecule has 0 spiro atoms. The molecule has 0 aliphatic heterocycles. The van der Waals surface area contributed by atoms with Crippen LogP contribution in [0.3, 0.4) is 0 Å². The Morgan fingerprint density at radius 1 is 1.17 bits per heavy atom. The Bertz CT molecular complexity index is 1080. The Hall–Kier alpha value is -2.90. The number of nitrogens with zero attached hydrogens (tertiary/aromatic N) is 1. The maximum atomic E-state index is 12.9. The summed E-state index contributed by atoms with van der Waals surface area (Å²) in [5.41, 5.74) is 1.91. The molecule has 0 fully saturated rings. The van der Waals surface area contributed by atoms with Gasteiger partial charge in [0.05, 0.1) is 18.7 Å². The average Bonchev–Trinajstić information content (AvgIpc) is 3.16. The number of methoxy groups -OCH3 is 1. The zero-order valence-corrected chi connectivity index (χ0v) is 17.8. The highest BCUT2D eigenvalue weighted by molar-refractivity contribution is 7.16. The van der Waals surface area contributed by atoms with Gasteiger partial charge in [0.15, 0.2) is 5.13 Å². The Balaban J connectivity index is 1.49. The lowest BCUT2D eigenvalue weighted by Crippen LogP contribution is -2.24. The highest BCUT2D eigenvalue weighted by atomic mass is 35.5. The summed E-state index contributed by atoms with van der Waals surface area (Å²) in [6.07, 6.45) is 2.47. The number of hydrogen-bond acceptors (Lipinski definition) is 5. The van der Waals surface area contributed by atoms with E-state index in [-0.39, 0.29) is 17.7 Å². The van der Waals surface area contributed by atoms with E-state index in [2.05, 4.69) is 15.6 Å². The van der Waals surface area contributed by atoms with Crippen LogP contribution in [0, 0.1) is 0 Å². The van der Waals surface area contributed by atoms with Crippen LogP contribution in [0.25, 0.3) is 0 Å². The van der Waals surface area contributed by atoms with Crippen molar-refractivity contribution in [3.8, 4) is 5.75 Å². The predicted molar refractivity (Wildman–Crippen MR) is 119 cm³/mol. The number of aryl methyl sites for hydroxylation is 1. The van der Waals surface area contributed by atoms with Crippen molar-refractivity contribution in [2.75, 3.05) is 17.7 Å². The minimum Gasteiger partial charge on any atom is -0.497 e. The van der Waals surface area contributed by atoms with Gasteiger partial charge in [-0.25, -0.2) is 4.98 Å². The maximum Gasteiger partial charge on any atom is 0.257 e. The van der Waals surface area contributed by atoms with Crippen molar-refractivity contribution < 1.29 is 14.3 Å². The standard InChI is InChI=1S/C22H20ClN3O3S/c1-29-16-10-8-13(9-11-16)20(27)26-22-25-19-17(6-3-7-18(19)30-22)21(28)24-15-5-2-4-14(23)12-15/h2,4-5,8-12,17H,3,6-7H2,1H3,(H,24,28)(H,25,26,27). The van der Waals surface area contributed by atoms with Gasteiger partial charge >= 0.3 is 0 Å². The molecule has 1 atom stereocenters. The molecule has 2 aromatic carbocycles. The first-order valence-corrected chi connectivity index (χ1v) is 10.7. The van der Waals surface area contributed by atoms with Crippen LogP contribution in [0.1, 0.15) is 39.7 Å². The quantitative estimate of drug-likeness (QED) is 0.576. The fraction of sp³-hybridized carbons (Fsp3) is 0.227. The second-order valence-electron chi connectivity index (χ2n) is 6.95. The highest BCUT2D eigenvalue weighted by Crippen LogP contribution is 2.37. The van der Waals surface area contributed by atoms with Crippen LogP contribution in [-0.4, -0.2) is 23.9 Å². The minimum absolute atomic E-state index is 0.114. The average molecular weight is 442 g/mol. The number of ether oxygens (including phenoxy) is 1. The minimum atomic E-state index is -0.351. The third-order valence-corrected chi connectivity index (χ3v) is 6.22. The molecule has 2 N–H and O–H groups in total. The van der Waals surface area contributed by atoms with Crippen LogP contribution in [-0.2, 0) is 11.2 Å². The van der Waals surface area contributed by atoms with Gasteiger partial charge in [0.25, 0.3) is 5.91 Å². The van der Waals surface area contributed by atoms with Gasteiger partial charge in [-0.1, -0.05) is 17.7 Å². The molecule has 6 nitrogen and oxygen atoms in total. The summed E-state index contributed by atoms with van der Waals surface area (Å²) in [5.74, 6) is -0.0272. The normalized spacial score (nSPS) is 15.2. The SMILES string of the molecule is COc1ccc(C(=O)Nc2nc3c(s2)CCCC3C(=O)Nc2cccc(Cl)c2)cc1. The number of rotatable bonds is 5. The number of fused-ring (bicyclic) bond motifs is 1. The number of carbonyl (C=O) groups excluding carboxylic acids is 2. The third kappa shape index (κ3) is 4.47. The van der Waals surface area contributed by atoms with Crippen molar-refractivity contribution in [3.05, 3.63) is 69.7 Å². The van der Waals surface area contributed by atoms with Crippen LogP contribution < -0.4 is 15.4 Å². The van der Waals surface area contributed by atoms with Crippen LogP contribution >= 0.6 is 22.9 Å². The first-order valence-electron chi connectivity index (χ1n) is 9.55. The Morgan fingerprint density at radius 2 is 1.97 bits per heavy atom. The molecule has 4 rings (SSSR count). The molecular formula is C22H20ClN3O3S. The number of amides is 2. The van der Waals surface area contributed by atoms with Crippen molar-refractivity contribution in [2.45, 2.75) is 25.2 Å². The molecule has 1 unspecified atom stereocenters. The largest absolute Gasteiger partial charge is 0.497 e. The van der Waals surface area contributed by atoms with Crippen molar-refractivity contribution in [2.24, 2.45) is 0 Å². The van der Waals surface area contributed by atoms with E-state index in [1.54, 1.807) is 55.6 Å². The van der Waals surface area contributed by atoms with E-state index in [0.717, 1.165) is 29.8 Å². The zero-order chi connectivity index (χ0) is 21.1. The highest BCUT2D eigenvalue weighted by Gasteiger charge is 2.30. The van der Waals surface area contributed by atoms with Crippen LogP contribution in [0.5, 0.6) is 5.75 Å². The number of carbonyl (C=O) groups is 2. The first kappa shape index (κ1) is 20.4. The van der Waals surface area contributed by atoms with E-state index in [4.69, 9.17) is 16.3 Å². The molecule has 1 aromatic heterocycles. The van der Waals surface area contributed by atoms with E-state index in [1.807, 2.05) is 0 Å². The number of thiazole rings is 1. The van der Waals surface area contributed by atoms with Crippen LogP contribution in [0.2, 0.25) is 5.02 Å². The summed E-state index contributed by atoms with van der Waals surface area (Å²) in [7, 11) is 1.58. The molecule has 1 heterocycles. The second-order valence-corrected chi connectivity index (χ2v) is 8.47. The summed E-state index contributed by atoms with van der Waals surface area (Å²) in [6.45, 7) is 0. The number of hydrogen-bond donors (Lipinski definition) is 2. The van der Waals surface area contributed by atoms with Crippen molar-refractivity contribution in [1.29, 1.82) is 0 Å². The molecule has 1 aliphatic carbocycles. The molecule has 0 saturated heterocycles. The van der Waals surface area contributed by atoms with Gasteiger partial charge < -0.3 is 10.1 Å². The summed E-state index contributed by atoms with van der Waals surface area (Å²) in [6, 6.07) is 13.9. The number of anilines is 2. The van der Waals surface area contributed by atoms with Crippen molar-refractivity contribution in [3.63, 3.8) is 0 Å². The van der Waals surface area contributed by atoms with Gasteiger partial charge in [-0.3, -0.25) is 14.9 Å². The van der Waals surface area contributed by atoms with E-state index in [9.17, 15) is 9.59 Å². The van der Waals surface area contributed by atoms with E-state index in [0.29, 0.717) is 27.2 Å². The lowest BCUT2D eigenvalue weighted by Gasteiger charge is -2.20. The van der Waals surface area contributed by atoms with Crippen LogP contribution in [0.4, 0.5) is 10.8 Å². The summed E-state index contributed by atoms with van der Waals surface area (Å²) in [4.78, 5) is 31.0. The monoisotopic (exact) mass is 441 g/mol. The van der Waals surface area contributed by atoms with Crippen molar-refractivity contribution >= 4 is 45.6 Å². The summed E-state index contributed by atoms with van der Waals surface area (Å²) >= 11 is 7.43. The molecule has 154 valence electrons. The lowest BCUT2D eigenvalue weighted by atomic mass is 9.90. The van der Waals surface area contributed by atoms with Crippen LogP contribution in [0.15, 0.2) is 48.5 Å². The molecule has 8 heteroatoms. The molecular weight excluding hydrogens is 422 g/mol. The van der Waals surface area contributed by atoms with Crippen molar-refractivity contribution in [1.82, 2.24) is 4.98 Å². The zero-order valence-electron chi connectivity index (χ0n) is 16.3. The molecule has 0 radical (unpaired) electrons. The Labute approximate surface area is 183 Å². The van der Waals surface area contributed by atoms with Gasteiger partial charge in [0.2, 0.25) is 5.91 Å². The van der Waals surface area contributed by atoms with Gasteiger partial charge in [-0.05, 0) is 61.7 Å². The van der Waals surface area contributed by atoms with E-state index < -0.39 is 0 Å². The number of halogens is 1. The number of nitrogens with one attached hydrogen (secondary N) is 2. The smallest absolute Gasteiger partial charge is 0.257 e. The molecule has 0 bridgehead atoms. The Morgan fingerprint density at radius 3 is 2.70 bits per heavy atom. The second kappa shape index (κ2) is 8.85. The van der Waals surface area contributed by atoms with Gasteiger partial charge in [0, 0.05) is 21.2 Å². The molecule has 30 heavy (non-hydrogen) atoms. The maximum absolute atomic E-state index is 12.9. The summed E-state index contributed by atoms with van der Waals surface area (Å²) < 4.78 is 5.12. The van der Waals surface area contributed by atoms with Gasteiger partial charge in [-0.15, -0.1) is 11.3 Å². The Kier molecular flexibility index (Phi) is 6.01. The lowest BCUT2D eigenvalue weighted by molar-refractivity contribution is -0.117. The molecule has 2 amide bonds. The predicted octanol–water partition coefficient (Wildman–Crippen LogP) is 5.12. The fourth-order valence-corrected chi connectivity index (χ4v) is 4.68.